The zero-order valence-electron chi connectivity index (χ0n) is 15.8. The van der Waals surface area contributed by atoms with Gasteiger partial charge < -0.3 is 14.5 Å². The molecular weight excluding hydrogens is 304 g/mol. The number of aryl methyl sites for hydroxylation is 2. The predicted octanol–water partition coefficient (Wildman–Crippen LogP) is 3.18. The smallest absolute Gasteiger partial charge is 0.410 e. The quantitative estimate of drug-likeness (QED) is 0.850. The SMILES string of the molecule is Cc1cnc(C)c(N2CCC(CN(C)C(=O)OC(C)(C)C)CC2)n1. The second kappa shape index (κ2) is 7.36. The number of ether oxygens (including phenoxy) is 1. The van der Waals surface area contributed by atoms with Crippen LogP contribution < -0.4 is 4.90 Å². The summed E-state index contributed by atoms with van der Waals surface area (Å²) in [6.07, 6.45) is 3.65. The van der Waals surface area contributed by atoms with Crippen LogP contribution >= 0.6 is 0 Å². The first-order valence-corrected chi connectivity index (χ1v) is 8.65. The molecule has 1 fully saturated rings. The van der Waals surface area contributed by atoms with Gasteiger partial charge in [-0.25, -0.2) is 9.78 Å². The van der Waals surface area contributed by atoms with Crippen molar-refractivity contribution in [3.63, 3.8) is 0 Å². The molecule has 6 heteroatoms. The van der Waals surface area contributed by atoms with E-state index in [1.54, 1.807) is 11.1 Å². The monoisotopic (exact) mass is 334 g/mol. The summed E-state index contributed by atoms with van der Waals surface area (Å²) in [6, 6.07) is 0. The Bertz CT molecular complexity index is 575. The van der Waals surface area contributed by atoms with Gasteiger partial charge in [-0.1, -0.05) is 0 Å². The molecule has 1 saturated heterocycles. The van der Waals surface area contributed by atoms with Crippen LogP contribution in [0.4, 0.5) is 10.6 Å². The fourth-order valence-electron chi connectivity index (χ4n) is 2.95. The fourth-order valence-corrected chi connectivity index (χ4v) is 2.95. The molecule has 1 aromatic heterocycles. The van der Waals surface area contributed by atoms with E-state index in [1.165, 1.54) is 0 Å². The molecule has 0 aromatic carbocycles. The minimum atomic E-state index is -0.448. The molecule has 0 atom stereocenters. The lowest BCUT2D eigenvalue weighted by molar-refractivity contribution is 0.0266. The fraction of sp³-hybridized carbons (Fsp3) is 0.722. The predicted molar refractivity (Wildman–Crippen MR) is 95.3 cm³/mol. The van der Waals surface area contributed by atoms with E-state index in [0.29, 0.717) is 5.92 Å². The van der Waals surface area contributed by atoms with Crippen molar-refractivity contribution in [3.05, 3.63) is 17.6 Å². The minimum Gasteiger partial charge on any atom is -0.444 e. The molecule has 0 bridgehead atoms. The Balaban J connectivity index is 1.86. The summed E-state index contributed by atoms with van der Waals surface area (Å²) in [5.74, 6) is 1.49. The molecule has 0 aliphatic carbocycles. The third-order valence-electron chi connectivity index (χ3n) is 4.20. The summed E-state index contributed by atoms with van der Waals surface area (Å²) in [4.78, 5) is 25.1. The van der Waals surface area contributed by atoms with Crippen molar-refractivity contribution in [2.24, 2.45) is 5.92 Å². The lowest BCUT2D eigenvalue weighted by atomic mass is 9.96. The van der Waals surface area contributed by atoms with E-state index in [2.05, 4.69) is 14.9 Å². The zero-order chi connectivity index (χ0) is 17.9. The van der Waals surface area contributed by atoms with Gasteiger partial charge >= 0.3 is 6.09 Å². The van der Waals surface area contributed by atoms with Gasteiger partial charge in [-0.2, -0.15) is 0 Å². The third-order valence-corrected chi connectivity index (χ3v) is 4.20. The summed E-state index contributed by atoms with van der Waals surface area (Å²) in [5, 5.41) is 0. The number of carbonyl (C=O) groups excluding carboxylic acids is 1. The summed E-state index contributed by atoms with van der Waals surface area (Å²) >= 11 is 0. The van der Waals surface area contributed by atoms with Crippen molar-refractivity contribution in [1.82, 2.24) is 14.9 Å². The molecule has 1 aliphatic rings. The summed E-state index contributed by atoms with van der Waals surface area (Å²) in [7, 11) is 1.82. The zero-order valence-corrected chi connectivity index (χ0v) is 15.8. The Kier molecular flexibility index (Phi) is 5.67. The maximum Gasteiger partial charge on any atom is 0.410 e. The molecule has 1 aliphatic heterocycles. The van der Waals surface area contributed by atoms with Crippen molar-refractivity contribution < 1.29 is 9.53 Å². The molecule has 0 unspecified atom stereocenters. The van der Waals surface area contributed by atoms with Crippen LogP contribution in [0.25, 0.3) is 0 Å². The van der Waals surface area contributed by atoms with Crippen LogP contribution in [0.2, 0.25) is 0 Å². The van der Waals surface area contributed by atoms with Crippen LogP contribution in [-0.2, 0) is 4.74 Å². The van der Waals surface area contributed by atoms with Crippen LogP contribution in [0.5, 0.6) is 0 Å². The Labute approximate surface area is 145 Å². The van der Waals surface area contributed by atoms with Gasteiger partial charge in [-0.05, 0) is 53.4 Å². The van der Waals surface area contributed by atoms with Crippen molar-refractivity contribution in [2.75, 3.05) is 31.6 Å². The number of amides is 1. The number of hydrogen-bond donors (Lipinski definition) is 0. The molecule has 0 saturated carbocycles. The number of rotatable bonds is 3. The molecular formula is C18H30N4O2. The number of piperidine rings is 1. The highest BCUT2D eigenvalue weighted by molar-refractivity contribution is 5.67. The molecule has 134 valence electrons. The highest BCUT2D eigenvalue weighted by atomic mass is 16.6. The topological polar surface area (TPSA) is 58.6 Å². The number of aromatic nitrogens is 2. The van der Waals surface area contributed by atoms with Crippen LogP contribution in [0.3, 0.4) is 0 Å². The normalized spacial score (nSPS) is 16.2. The Hall–Kier alpha value is -1.85. The second-order valence-electron chi connectivity index (χ2n) is 7.71. The molecule has 1 aromatic rings. The van der Waals surface area contributed by atoms with E-state index in [9.17, 15) is 4.79 Å². The first kappa shape index (κ1) is 18.5. The summed E-state index contributed by atoms with van der Waals surface area (Å²) in [5.41, 5.74) is 1.48. The van der Waals surface area contributed by atoms with Crippen LogP contribution in [0.1, 0.15) is 45.0 Å². The van der Waals surface area contributed by atoms with E-state index < -0.39 is 5.60 Å². The van der Waals surface area contributed by atoms with E-state index in [0.717, 1.165) is 49.7 Å². The Morgan fingerprint density at radius 2 is 1.96 bits per heavy atom. The molecule has 0 spiro atoms. The molecule has 6 nitrogen and oxygen atoms in total. The molecule has 2 rings (SSSR count). The maximum atomic E-state index is 12.1. The average molecular weight is 334 g/mol. The number of hydrogen-bond acceptors (Lipinski definition) is 5. The van der Waals surface area contributed by atoms with Crippen LogP contribution in [0, 0.1) is 19.8 Å². The van der Waals surface area contributed by atoms with Crippen LogP contribution in [-0.4, -0.2) is 53.2 Å². The highest BCUT2D eigenvalue weighted by Crippen LogP contribution is 2.24. The lowest BCUT2D eigenvalue weighted by Crippen LogP contribution is -2.41. The van der Waals surface area contributed by atoms with Crippen molar-refractivity contribution >= 4 is 11.9 Å². The van der Waals surface area contributed by atoms with Gasteiger partial charge in [0.15, 0.2) is 0 Å². The highest BCUT2D eigenvalue weighted by Gasteiger charge is 2.26. The average Bonchev–Trinajstić information content (AvgIpc) is 2.49. The van der Waals surface area contributed by atoms with Gasteiger partial charge in [0.05, 0.1) is 11.4 Å². The van der Waals surface area contributed by atoms with E-state index in [-0.39, 0.29) is 6.09 Å². The third kappa shape index (κ3) is 5.08. The van der Waals surface area contributed by atoms with Gasteiger partial charge in [-0.3, -0.25) is 4.98 Å². The van der Waals surface area contributed by atoms with E-state index >= 15 is 0 Å². The minimum absolute atomic E-state index is 0.245. The molecule has 0 N–H and O–H groups in total. The van der Waals surface area contributed by atoms with Gasteiger partial charge in [0.25, 0.3) is 0 Å². The Morgan fingerprint density at radius 3 is 2.54 bits per heavy atom. The van der Waals surface area contributed by atoms with E-state index in [4.69, 9.17) is 4.74 Å². The van der Waals surface area contributed by atoms with Gasteiger partial charge in [0.2, 0.25) is 0 Å². The van der Waals surface area contributed by atoms with Gasteiger partial charge in [0.1, 0.15) is 11.4 Å². The maximum absolute atomic E-state index is 12.1. The van der Waals surface area contributed by atoms with E-state index in [1.807, 2.05) is 41.7 Å². The molecule has 1 amide bonds. The Morgan fingerprint density at radius 1 is 1.33 bits per heavy atom. The summed E-state index contributed by atoms with van der Waals surface area (Å²) in [6.45, 7) is 12.3. The number of anilines is 1. The number of nitrogens with zero attached hydrogens (tertiary/aromatic N) is 4. The molecule has 24 heavy (non-hydrogen) atoms. The van der Waals surface area contributed by atoms with Crippen molar-refractivity contribution in [2.45, 2.75) is 53.1 Å². The first-order valence-electron chi connectivity index (χ1n) is 8.65. The van der Waals surface area contributed by atoms with Crippen LogP contribution in [0.15, 0.2) is 6.20 Å². The standard InChI is InChI=1S/C18H30N4O2/c1-13-11-19-14(2)16(20-13)22-9-7-15(8-10-22)12-21(6)17(23)24-18(3,4)5/h11,15H,7-10,12H2,1-6H3. The lowest BCUT2D eigenvalue weighted by Gasteiger charge is -2.35. The second-order valence-corrected chi connectivity index (χ2v) is 7.71. The first-order chi connectivity index (χ1) is 11.2. The van der Waals surface area contributed by atoms with Crippen molar-refractivity contribution in [3.8, 4) is 0 Å². The van der Waals surface area contributed by atoms with Crippen molar-refractivity contribution in [1.29, 1.82) is 0 Å². The largest absolute Gasteiger partial charge is 0.444 e. The number of carbonyl (C=O) groups is 1. The molecule has 0 radical (unpaired) electrons. The van der Waals surface area contributed by atoms with Gasteiger partial charge in [0, 0.05) is 32.9 Å². The molecule has 2 heterocycles. The summed E-state index contributed by atoms with van der Waals surface area (Å²) < 4.78 is 5.42. The van der Waals surface area contributed by atoms with Gasteiger partial charge in [-0.15, -0.1) is 0 Å².